The number of fused-ring (bicyclic) bond motifs is 1. The molecule has 0 aliphatic carbocycles. The number of rotatable bonds is 1. The van der Waals surface area contributed by atoms with Gasteiger partial charge >= 0.3 is 5.69 Å². The standard InChI is InChI=1S/C12H12N6O2.ClH/c1-16-9-8(10(19)17(2)12(16)20)14-11(15-9)18-5-3-7(13)4-6-18;/h3-6,13H,1-2H3,(H,14,15);1H/p-1. The van der Waals surface area contributed by atoms with Gasteiger partial charge in [-0.2, -0.15) is 4.98 Å². The molecule has 0 aliphatic heterocycles. The number of aromatic nitrogens is 5. The molecule has 8 nitrogen and oxygen atoms in total. The molecule has 0 radical (unpaired) electrons. The third-order valence-electron chi connectivity index (χ3n) is 3.16. The third kappa shape index (κ3) is 2.19. The van der Waals surface area contributed by atoms with Crippen LogP contribution < -0.4 is 29.0 Å². The second kappa shape index (κ2) is 5.06. The number of hydrogen-bond acceptors (Lipinski definition) is 4. The Kier molecular flexibility index (Phi) is 3.56. The van der Waals surface area contributed by atoms with Gasteiger partial charge in [-0.25, -0.2) is 4.79 Å². The minimum atomic E-state index is -0.424. The van der Waals surface area contributed by atoms with E-state index in [0.29, 0.717) is 17.0 Å². The van der Waals surface area contributed by atoms with Gasteiger partial charge < -0.3 is 22.8 Å². The lowest BCUT2D eigenvalue weighted by Crippen LogP contribution is -3.00. The minimum absolute atomic E-state index is 0. The SMILES string of the molecule is Cn1c(=O)c2[nH]c(-n3ccc(=N)cc3)nc2n(C)c1=O.[Cl-]. The molecule has 3 aromatic rings. The average molecular weight is 308 g/mol. The molecule has 3 rings (SSSR count). The maximum Gasteiger partial charge on any atom is 0.332 e. The van der Waals surface area contributed by atoms with Crippen molar-refractivity contribution in [3.8, 4) is 5.95 Å². The molecule has 0 spiro atoms. The van der Waals surface area contributed by atoms with Crippen molar-refractivity contribution in [3.05, 3.63) is 50.7 Å². The minimum Gasteiger partial charge on any atom is -1.00 e. The van der Waals surface area contributed by atoms with E-state index in [0.717, 1.165) is 4.57 Å². The maximum atomic E-state index is 12.0. The van der Waals surface area contributed by atoms with Gasteiger partial charge in [0.25, 0.3) is 5.56 Å². The number of hydrogen-bond donors (Lipinski definition) is 2. The van der Waals surface area contributed by atoms with Crippen LogP contribution in [0.2, 0.25) is 0 Å². The number of halogens is 1. The zero-order valence-corrected chi connectivity index (χ0v) is 12.0. The van der Waals surface area contributed by atoms with Crippen molar-refractivity contribution in [1.29, 1.82) is 5.41 Å². The summed E-state index contributed by atoms with van der Waals surface area (Å²) < 4.78 is 3.99. The molecule has 3 heterocycles. The first-order valence-corrected chi connectivity index (χ1v) is 5.88. The average Bonchev–Trinajstić information content (AvgIpc) is 2.89. The molecular weight excluding hydrogens is 296 g/mol. The van der Waals surface area contributed by atoms with E-state index in [1.165, 1.54) is 11.6 Å². The van der Waals surface area contributed by atoms with Gasteiger partial charge in [-0.05, 0) is 12.1 Å². The molecule has 0 unspecified atom stereocenters. The van der Waals surface area contributed by atoms with Crippen LogP contribution in [-0.4, -0.2) is 23.7 Å². The Bertz CT molecular complexity index is 973. The Morgan fingerprint density at radius 1 is 1.14 bits per heavy atom. The van der Waals surface area contributed by atoms with Crippen molar-refractivity contribution in [3.63, 3.8) is 0 Å². The lowest BCUT2D eigenvalue weighted by Gasteiger charge is -2.00. The van der Waals surface area contributed by atoms with Crippen LogP contribution in [0.5, 0.6) is 0 Å². The fourth-order valence-electron chi connectivity index (χ4n) is 2.00. The molecule has 0 aliphatic rings. The summed E-state index contributed by atoms with van der Waals surface area (Å²) in [7, 11) is 2.99. The highest BCUT2D eigenvalue weighted by Gasteiger charge is 2.13. The summed E-state index contributed by atoms with van der Waals surface area (Å²) >= 11 is 0. The highest BCUT2D eigenvalue weighted by molar-refractivity contribution is 5.71. The molecule has 0 fully saturated rings. The zero-order valence-electron chi connectivity index (χ0n) is 11.3. The first-order valence-electron chi connectivity index (χ1n) is 5.88. The van der Waals surface area contributed by atoms with Crippen LogP contribution in [0.3, 0.4) is 0 Å². The molecule has 21 heavy (non-hydrogen) atoms. The first-order chi connectivity index (χ1) is 9.49. The van der Waals surface area contributed by atoms with Crippen molar-refractivity contribution in [2.45, 2.75) is 0 Å². The van der Waals surface area contributed by atoms with Crippen molar-refractivity contribution < 1.29 is 12.4 Å². The van der Waals surface area contributed by atoms with Crippen LogP contribution in [0, 0.1) is 5.41 Å². The van der Waals surface area contributed by atoms with E-state index >= 15 is 0 Å². The summed E-state index contributed by atoms with van der Waals surface area (Å²) in [5, 5.41) is 7.82. The number of pyridine rings is 1. The van der Waals surface area contributed by atoms with Crippen LogP contribution in [0.15, 0.2) is 34.1 Å². The molecule has 9 heteroatoms. The Labute approximate surface area is 124 Å². The number of nitrogens with one attached hydrogen (secondary N) is 2. The van der Waals surface area contributed by atoms with Crippen LogP contribution in [0.4, 0.5) is 0 Å². The van der Waals surface area contributed by atoms with Gasteiger partial charge in [0.15, 0.2) is 11.2 Å². The summed E-state index contributed by atoms with van der Waals surface area (Å²) in [6.07, 6.45) is 3.31. The zero-order chi connectivity index (χ0) is 14.4. The van der Waals surface area contributed by atoms with E-state index < -0.39 is 11.2 Å². The predicted octanol–water partition coefficient (Wildman–Crippen LogP) is -3.77. The second-order valence-electron chi connectivity index (χ2n) is 4.46. The van der Waals surface area contributed by atoms with Crippen molar-refractivity contribution >= 4 is 11.2 Å². The Hall–Kier alpha value is -2.61. The van der Waals surface area contributed by atoms with Gasteiger partial charge in [0.05, 0.1) is 5.36 Å². The number of imidazole rings is 1. The van der Waals surface area contributed by atoms with Gasteiger partial charge in [0, 0.05) is 26.5 Å². The third-order valence-corrected chi connectivity index (χ3v) is 3.16. The predicted molar refractivity (Wildman–Crippen MR) is 71.8 cm³/mol. The summed E-state index contributed by atoms with van der Waals surface area (Å²) in [4.78, 5) is 31.1. The molecule has 110 valence electrons. The van der Waals surface area contributed by atoms with E-state index in [1.54, 1.807) is 36.1 Å². The quantitative estimate of drug-likeness (QED) is 0.482. The van der Waals surface area contributed by atoms with Crippen molar-refractivity contribution in [2.75, 3.05) is 0 Å². The molecular formula is C12H12ClN6O2-. The van der Waals surface area contributed by atoms with Crippen molar-refractivity contribution in [1.82, 2.24) is 23.7 Å². The van der Waals surface area contributed by atoms with Crippen LogP contribution in [0.25, 0.3) is 17.1 Å². The normalized spacial score (nSPS) is 10.6. The second-order valence-corrected chi connectivity index (χ2v) is 4.46. The van der Waals surface area contributed by atoms with Gasteiger partial charge in [-0.3, -0.25) is 18.5 Å². The van der Waals surface area contributed by atoms with Gasteiger partial charge in [-0.15, -0.1) is 0 Å². The molecule has 0 amide bonds. The number of aryl methyl sites for hydroxylation is 1. The van der Waals surface area contributed by atoms with Gasteiger partial charge in [-0.1, -0.05) is 0 Å². The number of H-pyrrole nitrogens is 1. The van der Waals surface area contributed by atoms with E-state index in [-0.39, 0.29) is 17.9 Å². The lowest BCUT2D eigenvalue weighted by molar-refractivity contribution is -0.00000472. The van der Waals surface area contributed by atoms with E-state index in [9.17, 15) is 9.59 Å². The van der Waals surface area contributed by atoms with E-state index in [2.05, 4.69) is 9.97 Å². The highest BCUT2D eigenvalue weighted by Crippen LogP contribution is 2.07. The molecule has 0 saturated heterocycles. The van der Waals surface area contributed by atoms with Gasteiger partial charge in [0.2, 0.25) is 5.95 Å². The molecule has 0 saturated carbocycles. The summed E-state index contributed by atoms with van der Waals surface area (Å²) in [5.74, 6) is 0.415. The number of aromatic amines is 1. The van der Waals surface area contributed by atoms with E-state index in [4.69, 9.17) is 5.41 Å². The Balaban J connectivity index is 0.00000161. The Morgan fingerprint density at radius 3 is 2.38 bits per heavy atom. The van der Waals surface area contributed by atoms with Crippen molar-refractivity contribution in [2.24, 2.45) is 14.1 Å². The summed E-state index contributed by atoms with van der Waals surface area (Å²) in [6.45, 7) is 0. The van der Waals surface area contributed by atoms with E-state index in [1.807, 2.05) is 0 Å². The van der Waals surface area contributed by atoms with Gasteiger partial charge in [0.1, 0.15) is 0 Å². The van der Waals surface area contributed by atoms with Crippen LogP contribution in [0.1, 0.15) is 0 Å². The molecule has 0 atom stereocenters. The van der Waals surface area contributed by atoms with Crippen LogP contribution in [-0.2, 0) is 14.1 Å². The molecule has 3 aromatic heterocycles. The summed E-state index contributed by atoms with van der Waals surface area (Å²) in [6, 6.07) is 3.20. The highest BCUT2D eigenvalue weighted by atomic mass is 35.5. The van der Waals surface area contributed by atoms with Crippen LogP contribution >= 0.6 is 0 Å². The largest absolute Gasteiger partial charge is 1.00 e. The Morgan fingerprint density at radius 2 is 1.76 bits per heavy atom. The summed E-state index contributed by atoms with van der Waals surface area (Å²) in [5.41, 5.74) is -0.269. The number of nitrogens with zero attached hydrogens (tertiary/aromatic N) is 4. The smallest absolute Gasteiger partial charge is 0.332 e. The fourth-order valence-corrected chi connectivity index (χ4v) is 2.00. The fraction of sp³-hybridized carbons (Fsp3) is 0.167. The topological polar surface area (TPSA) is 101 Å². The first kappa shape index (κ1) is 14.8. The maximum absolute atomic E-state index is 12.0. The molecule has 2 N–H and O–H groups in total. The molecule has 0 bridgehead atoms. The monoisotopic (exact) mass is 307 g/mol. The molecule has 0 aromatic carbocycles. The lowest BCUT2D eigenvalue weighted by atomic mass is 10.4.